The highest BCUT2D eigenvalue weighted by Crippen LogP contribution is 2.23. The minimum Gasteiger partial charge on any atom is -0.382 e. The molecule has 0 fully saturated rings. The zero-order valence-corrected chi connectivity index (χ0v) is 12.2. The maximum absolute atomic E-state index is 5.32. The van der Waals surface area contributed by atoms with Crippen molar-refractivity contribution in [2.24, 2.45) is 0 Å². The second kappa shape index (κ2) is 7.38. The van der Waals surface area contributed by atoms with Gasteiger partial charge in [0.2, 0.25) is 0 Å². The molecule has 0 heterocycles. The normalized spacial score (nSPS) is 12.2. The van der Waals surface area contributed by atoms with E-state index in [0.717, 1.165) is 26.1 Å². The summed E-state index contributed by atoms with van der Waals surface area (Å²) in [5.74, 6) is 0. The number of unbranched alkanes of at least 4 members (excludes halogenated alkanes) is 1. The second-order valence-electron chi connectivity index (χ2n) is 5.62. The molecule has 0 saturated heterocycles. The minimum absolute atomic E-state index is 0.221. The Labute approximate surface area is 112 Å². The third-order valence-corrected chi connectivity index (χ3v) is 2.93. The highest BCUT2D eigenvalue weighted by Gasteiger charge is 2.12. The summed E-state index contributed by atoms with van der Waals surface area (Å²) in [6, 6.07) is 8.78. The summed E-state index contributed by atoms with van der Waals surface area (Å²) in [7, 11) is 0. The molecule has 0 aliphatic carbocycles. The Balaban J connectivity index is 2.49. The standard InChI is InChI=1S/C17H26O/c1-5-18-13-8-6-7-10-15-11-9-12-16(14-15)17(2,3)4/h7,9-12,14H,5-6,8,13H2,1-4H3/b10-7+. The summed E-state index contributed by atoms with van der Waals surface area (Å²) in [4.78, 5) is 0. The van der Waals surface area contributed by atoms with Gasteiger partial charge in [0.25, 0.3) is 0 Å². The van der Waals surface area contributed by atoms with Crippen LogP contribution in [0.2, 0.25) is 0 Å². The second-order valence-corrected chi connectivity index (χ2v) is 5.62. The molecule has 1 nitrogen and oxygen atoms in total. The third kappa shape index (κ3) is 5.50. The average molecular weight is 246 g/mol. The highest BCUT2D eigenvalue weighted by molar-refractivity contribution is 5.51. The van der Waals surface area contributed by atoms with Crippen LogP contribution in [0, 0.1) is 0 Å². The molecule has 0 spiro atoms. The van der Waals surface area contributed by atoms with Crippen molar-refractivity contribution >= 4 is 6.08 Å². The van der Waals surface area contributed by atoms with E-state index in [0.29, 0.717) is 0 Å². The van der Waals surface area contributed by atoms with Crippen molar-refractivity contribution < 1.29 is 4.74 Å². The van der Waals surface area contributed by atoms with Crippen molar-refractivity contribution in [3.63, 3.8) is 0 Å². The van der Waals surface area contributed by atoms with Gasteiger partial charge in [-0.25, -0.2) is 0 Å². The van der Waals surface area contributed by atoms with E-state index in [9.17, 15) is 0 Å². The quantitative estimate of drug-likeness (QED) is 0.654. The maximum Gasteiger partial charge on any atom is 0.0468 e. The van der Waals surface area contributed by atoms with Crippen LogP contribution in [-0.4, -0.2) is 13.2 Å². The number of ether oxygens (including phenoxy) is 1. The first-order chi connectivity index (χ1) is 8.54. The van der Waals surface area contributed by atoms with E-state index in [-0.39, 0.29) is 5.41 Å². The van der Waals surface area contributed by atoms with E-state index < -0.39 is 0 Å². The Morgan fingerprint density at radius 1 is 1.22 bits per heavy atom. The van der Waals surface area contributed by atoms with Crippen molar-refractivity contribution in [3.05, 3.63) is 41.5 Å². The van der Waals surface area contributed by atoms with Crippen LogP contribution in [0.4, 0.5) is 0 Å². The number of rotatable bonds is 6. The van der Waals surface area contributed by atoms with E-state index >= 15 is 0 Å². The fraction of sp³-hybridized carbons (Fsp3) is 0.529. The highest BCUT2D eigenvalue weighted by atomic mass is 16.5. The van der Waals surface area contributed by atoms with Crippen molar-refractivity contribution in [1.82, 2.24) is 0 Å². The van der Waals surface area contributed by atoms with Crippen molar-refractivity contribution in [3.8, 4) is 0 Å². The van der Waals surface area contributed by atoms with Gasteiger partial charge >= 0.3 is 0 Å². The maximum atomic E-state index is 5.32. The molecular weight excluding hydrogens is 220 g/mol. The fourth-order valence-corrected chi connectivity index (χ4v) is 1.78. The lowest BCUT2D eigenvalue weighted by molar-refractivity contribution is 0.145. The van der Waals surface area contributed by atoms with Crippen molar-refractivity contribution in [2.45, 2.75) is 46.0 Å². The van der Waals surface area contributed by atoms with Crippen molar-refractivity contribution in [1.29, 1.82) is 0 Å². The van der Waals surface area contributed by atoms with Gasteiger partial charge in [-0.2, -0.15) is 0 Å². The third-order valence-electron chi connectivity index (χ3n) is 2.93. The van der Waals surface area contributed by atoms with Crippen LogP contribution >= 0.6 is 0 Å². The zero-order valence-electron chi connectivity index (χ0n) is 12.2. The summed E-state index contributed by atoms with van der Waals surface area (Å²) < 4.78 is 5.32. The van der Waals surface area contributed by atoms with Gasteiger partial charge in [0.15, 0.2) is 0 Å². The predicted molar refractivity (Wildman–Crippen MR) is 79.9 cm³/mol. The molecule has 1 aromatic carbocycles. The number of hydrogen-bond donors (Lipinski definition) is 0. The molecule has 0 amide bonds. The first-order valence-electron chi connectivity index (χ1n) is 6.89. The Morgan fingerprint density at radius 2 is 2.00 bits per heavy atom. The van der Waals surface area contributed by atoms with Gasteiger partial charge in [-0.3, -0.25) is 0 Å². The Bertz CT molecular complexity index is 371. The molecule has 0 aliphatic heterocycles. The van der Waals surface area contributed by atoms with Crippen LogP contribution < -0.4 is 0 Å². The van der Waals surface area contributed by atoms with E-state index in [1.165, 1.54) is 11.1 Å². The smallest absolute Gasteiger partial charge is 0.0468 e. The van der Waals surface area contributed by atoms with Crippen molar-refractivity contribution in [2.75, 3.05) is 13.2 Å². The number of hydrogen-bond acceptors (Lipinski definition) is 1. The van der Waals surface area contributed by atoms with Gasteiger partial charge in [0.1, 0.15) is 0 Å². The predicted octanol–water partition coefficient (Wildman–Crippen LogP) is 4.81. The topological polar surface area (TPSA) is 9.23 Å². The molecule has 0 aliphatic rings. The molecule has 18 heavy (non-hydrogen) atoms. The summed E-state index contributed by atoms with van der Waals surface area (Å²) in [6.45, 7) is 10.5. The first-order valence-corrected chi connectivity index (χ1v) is 6.89. The van der Waals surface area contributed by atoms with Crippen LogP contribution in [0.25, 0.3) is 6.08 Å². The molecule has 1 aromatic rings. The van der Waals surface area contributed by atoms with E-state index in [1.807, 2.05) is 6.92 Å². The van der Waals surface area contributed by atoms with Gasteiger partial charge in [-0.15, -0.1) is 0 Å². The SMILES string of the molecule is CCOCCC/C=C/c1cccc(C(C)(C)C)c1. The molecule has 0 aromatic heterocycles. The molecule has 0 saturated carbocycles. The van der Waals surface area contributed by atoms with E-state index in [2.05, 4.69) is 57.2 Å². The molecule has 0 atom stereocenters. The van der Waals surface area contributed by atoms with Gasteiger partial charge in [0.05, 0.1) is 0 Å². The largest absolute Gasteiger partial charge is 0.382 e. The van der Waals surface area contributed by atoms with Crippen LogP contribution in [-0.2, 0) is 10.2 Å². The van der Waals surface area contributed by atoms with E-state index in [1.54, 1.807) is 0 Å². The Morgan fingerprint density at radius 3 is 2.67 bits per heavy atom. The fourth-order valence-electron chi connectivity index (χ4n) is 1.78. The number of allylic oxidation sites excluding steroid dienone is 1. The summed E-state index contributed by atoms with van der Waals surface area (Å²) in [6.07, 6.45) is 6.63. The van der Waals surface area contributed by atoms with Gasteiger partial charge < -0.3 is 4.74 Å². The molecule has 0 radical (unpaired) electrons. The van der Waals surface area contributed by atoms with Gasteiger partial charge in [-0.05, 0) is 36.3 Å². The molecule has 100 valence electrons. The average Bonchev–Trinajstić information content (AvgIpc) is 2.33. The lowest BCUT2D eigenvalue weighted by Crippen LogP contribution is -2.10. The molecule has 1 rings (SSSR count). The number of benzene rings is 1. The van der Waals surface area contributed by atoms with Gasteiger partial charge in [-0.1, -0.05) is 57.2 Å². The van der Waals surface area contributed by atoms with Gasteiger partial charge in [0, 0.05) is 13.2 Å². The molecule has 1 heteroatoms. The molecular formula is C17H26O. The van der Waals surface area contributed by atoms with E-state index in [4.69, 9.17) is 4.74 Å². The summed E-state index contributed by atoms with van der Waals surface area (Å²) in [5.41, 5.74) is 2.90. The lowest BCUT2D eigenvalue weighted by Gasteiger charge is -2.19. The minimum atomic E-state index is 0.221. The molecule has 0 unspecified atom stereocenters. The summed E-state index contributed by atoms with van der Waals surface area (Å²) >= 11 is 0. The molecule has 0 N–H and O–H groups in total. The summed E-state index contributed by atoms with van der Waals surface area (Å²) in [5, 5.41) is 0. The van der Waals surface area contributed by atoms with Crippen LogP contribution in [0.1, 0.15) is 51.7 Å². The monoisotopic (exact) mass is 246 g/mol. The van der Waals surface area contributed by atoms with Crippen LogP contribution in [0.3, 0.4) is 0 Å². The van der Waals surface area contributed by atoms with Crippen LogP contribution in [0.5, 0.6) is 0 Å². The lowest BCUT2D eigenvalue weighted by atomic mass is 9.86. The van der Waals surface area contributed by atoms with Crippen LogP contribution in [0.15, 0.2) is 30.3 Å². The first kappa shape index (κ1) is 15.0. The molecule has 0 bridgehead atoms. The Hall–Kier alpha value is -1.08. The zero-order chi connectivity index (χ0) is 13.4. The Kier molecular flexibility index (Phi) is 6.14.